The molecule has 1 saturated heterocycles. The fourth-order valence-electron chi connectivity index (χ4n) is 6.15. The number of likely N-dealkylation sites (N-methyl/N-ethyl adjacent to an activating group) is 1. The first-order valence-electron chi connectivity index (χ1n) is 12.3. The van der Waals surface area contributed by atoms with Crippen LogP contribution >= 0.6 is 0 Å². The minimum absolute atomic E-state index is 0.0156. The monoisotopic (exact) mass is 449 g/mol. The lowest BCUT2D eigenvalue weighted by atomic mass is 9.81. The van der Waals surface area contributed by atoms with Gasteiger partial charge in [0.1, 0.15) is 5.75 Å². The Hall–Kier alpha value is -2.73. The van der Waals surface area contributed by atoms with Gasteiger partial charge in [0.25, 0.3) is 0 Å². The lowest BCUT2D eigenvalue weighted by molar-refractivity contribution is 0.156. The quantitative estimate of drug-likeness (QED) is 0.717. The van der Waals surface area contributed by atoms with E-state index in [4.69, 9.17) is 4.74 Å². The number of nitrogens with one attached hydrogen (secondary N) is 1. The van der Waals surface area contributed by atoms with E-state index in [1.165, 1.54) is 24.8 Å². The van der Waals surface area contributed by atoms with Crippen molar-refractivity contribution in [3.63, 3.8) is 0 Å². The minimum atomic E-state index is -0.0184. The van der Waals surface area contributed by atoms with Crippen molar-refractivity contribution in [3.05, 3.63) is 48.0 Å². The summed E-state index contributed by atoms with van der Waals surface area (Å²) < 4.78 is 5.31. The molecule has 0 aromatic heterocycles. The molecule has 176 valence electrons. The Balaban J connectivity index is 1.49. The van der Waals surface area contributed by atoms with Crippen molar-refractivity contribution < 1.29 is 14.6 Å². The van der Waals surface area contributed by atoms with Crippen LogP contribution in [-0.4, -0.2) is 55.4 Å². The van der Waals surface area contributed by atoms with E-state index in [9.17, 15) is 9.90 Å². The number of aliphatic hydroxyl groups is 1. The molecule has 3 aliphatic rings. The molecular formula is C27H35N3O3. The molecule has 2 aromatic carbocycles. The van der Waals surface area contributed by atoms with Gasteiger partial charge in [-0.1, -0.05) is 37.5 Å². The predicted molar refractivity (Wildman–Crippen MR) is 131 cm³/mol. The Morgan fingerprint density at radius 2 is 1.79 bits per heavy atom. The summed E-state index contributed by atoms with van der Waals surface area (Å²) in [6.07, 6.45) is 6.73. The zero-order chi connectivity index (χ0) is 22.9. The lowest BCUT2D eigenvalue weighted by Crippen LogP contribution is -2.50. The van der Waals surface area contributed by atoms with E-state index in [-0.39, 0.29) is 36.7 Å². The zero-order valence-electron chi connectivity index (χ0n) is 19.7. The Kier molecular flexibility index (Phi) is 6.19. The highest BCUT2D eigenvalue weighted by atomic mass is 16.5. The van der Waals surface area contributed by atoms with Gasteiger partial charge in [0.15, 0.2) is 0 Å². The third-order valence-electron chi connectivity index (χ3n) is 7.97. The number of likely N-dealkylation sites (tertiary alicyclic amines) is 1. The highest BCUT2D eigenvalue weighted by Gasteiger charge is 2.47. The SMILES string of the molecule is COc1ccc(-c2ccc3c(c2)[C@@H]2[C@@H](CCN2C(=O)NC2CCCCC2)[C@@H](CO)N3C)cc1. The molecule has 2 aromatic rings. The molecule has 0 unspecified atom stereocenters. The number of fused-ring (bicyclic) bond motifs is 3. The largest absolute Gasteiger partial charge is 0.497 e. The summed E-state index contributed by atoms with van der Waals surface area (Å²) in [4.78, 5) is 17.6. The van der Waals surface area contributed by atoms with Crippen molar-refractivity contribution in [2.75, 3.05) is 32.2 Å². The molecule has 2 amide bonds. The number of anilines is 1. The van der Waals surface area contributed by atoms with Crippen LogP contribution in [-0.2, 0) is 0 Å². The molecular weight excluding hydrogens is 414 g/mol. The Bertz CT molecular complexity index is 987. The number of methoxy groups -OCH3 is 1. The van der Waals surface area contributed by atoms with E-state index in [0.717, 1.165) is 48.4 Å². The minimum Gasteiger partial charge on any atom is -0.497 e. The topological polar surface area (TPSA) is 65.0 Å². The summed E-state index contributed by atoms with van der Waals surface area (Å²) in [6.45, 7) is 0.819. The Morgan fingerprint density at radius 1 is 1.06 bits per heavy atom. The van der Waals surface area contributed by atoms with E-state index in [1.807, 2.05) is 17.0 Å². The fraction of sp³-hybridized carbons (Fsp3) is 0.519. The molecule has 0 spiro atoms. The first kappa shape index (κ1) is 22.1. The van der Waals surface area contributed by atoms with Gasteiger partial charge in [-0.15, -0.1) is 0 Å². The molecule has 2 heterocycles. The number of hydrogen-bond donors (Lipinski definition) is 2. The molecule has 2 fully saturated rings. The third-order valence-corrected chi connectivity index (χ3v) is 7.97. The van der Waals surface area contributed by atoms with Crippen LogP contribution in [0.5, 0.6) is 5.75 Å². The van der Waals surface area contributed by atoms with Crippen LogP contribution in [0.15, 0.2) is 42.5 Å². The van der Waals surface area contributed by atoms with Crippen LogP contribution in [0, 0.1) is 5.92 Å². The normalized spacial score (nSPS) is 24.9. The molecule has 2 aliphatic heterocycles. The Morgan fingerprint density at radius 3 is 2.48 bits per heavy atom. The van der Waals surface area contributed by atoms with Crippen molar-refractivity contribution in [2.24, 2.45) is 5.92 Å². The molecule has 5 rings (SSSR count). The maximum absolute atomic E-state index is 13.4. The third kappa shape index (κ3) is 4.05. The second-order valence-corrected chi connectivity index (χ2v) is 9.74. The number of nitrogens with zero attached hydrogens (tertiary/aromatic N) is 2. The van der Waals surface area contributed by atoms with E-state index in [0.29, 0.717) is 0 Å². The summed E-state index contributed by atoms with van der Waals surface area (Å²) in [5.41, 5.74) is 4.53. The summed E-state index contributed by atoms with van der Waals surface area (Å²) in [6, 6.07) is 15.0. The molecule has 1 aliphatic carbocycles. The number of carbonyl (C=O) groups is 1. The van der Waals surface area contributed by atoms with Gasteiger partial charge in [0.05, 0.1) is 25.8 Å². The van der Waals surface area contributed by atoms with Crippen LogP contribution in [0.4, 0.5) is 10.5 Å². The number of ether oxygens (including phenoxy) is 1. The Labute approximate surface area is 196 Å². The molecule has 0 radical (unpaired) electrons. The summed E-state index contributed by atoms with van der Waals surface area (Å²) in [5, 5.41) is 13.6. The molecule has 33 heavy (non-hydrogen) atoms. The van der Waals surface area contributed by atoms with Gasteiger partial charge < -0.3 is 25.0 Å². The smallest absolute Gasteiger partial charge is 0.318 e. The first-order chi connectivity index (χ1) is 16.1. The van der Waals surface area contributed by atoms with Gasteiger partial charge in [-0.3, -0.25) is 0 Å². The number of amides is 2. The molecule has 6 nitrogen and oxygen atoms in total. The van der Waals surface area contributed by atoms with Gasteiger partial charge in [-0.25, -0.2) is 4.79 Å². The molecule has 0 bridgehead atoms. The highest BCUT2D eigenvalue weighted by Crippen LogP contribution is 2.49. The van der Waals surface area contributed by atoms with Crippen LogP contribution in [0.1, 0.15) is 50.1 Å². The first-order valence-corrected chi connectivity index (χ1v) is 12.3. The number of hydrogen-bond acceptors (Lipinski definition) is 4. The highest BCUT2D eigenvalue weighted by molar-refractivity contribution is 5.78. The molecule has 3 atom stereocenters. The van der Waals surface area contributed by atoms with E-state index in [1.54, 1.807) is 7.11 Å². The maximum atomic E-state index is 13.4. The molecule has 1 saturated carbocycles. The van der Waals surface area contributed by atoms with Crippen molar-refractivity contribution >= 4 is 11.7 Å². The average Bonchev–Trinajstić information content (AvgIpc) is 3.30. The van der Waals surface area contributed by atoms with Gasteiger partial charge in [-0.05, 0) is 60.2 Å². The molecule has 6 heteroatoms. The second-order valence-electron chi connectivity index (χ2n) is 9.74. The zero-order valence-corrected chi connectivity index (χ0v) is 19.7. The number of carbonyl (C=O) groups excluding carboxylic acids is 1. The summed E-state index contributed by atoms with van der Waals surface area (Å²) in [7, 11) is 3.74. The van der Waals surface area contributed by atoms with Gasteiger partial charge >= 0.3 is 6.03 Å². The number of aliphatic hydroxyl groups excluding tert-OH is 1. The average molecular weight is 450 g/mol. The van der Waals surface area contributed by atoms with Gasteiger partial charge in [0, 0.05) is 31.2 Å². The molecule has 2 N–H and O–H groups in total. The van der Waals surface area contributed by atoms with Gasteiger partial charge in [-0.2, -0.15) is 0 Å². The van der Waals surface area contributed by atoms with Crippen molar-refractivity contribution in [1.82, 2.24) is 10.2 Å². The number of benzene rings is 2. The lowest BCUT2D eigenvalue weighted by Gasteiger charge is -2.44. The van der Waals surface area contributed by atoms with Crippen molar-refractivity contribution in [2.45, 2.75) is 56.7 Å². The number of urea groups is 1. The fourth-order valence-corrected chi connectivity index (χ4v) is 6.15. The van der Waals surface area contributed by atoms with Crippen LogP contribution in [0.2, 0.25) is 0 Å². The van der Waals surface area contributed by atoms with Crippen LogP contribution in [0.25, 0.3) is 11.1 Å². The summed E-state index contributed by atoms with van der Waals surface area (Å²) in [5.74, 6) is 1.05. The van der Waals surface area contributed by atoms with Crippen molar-refractivity contribution in [3.8, 4) is 16.9 Å². The standard InChI is InChI=1S/C27H35N3O3/c1-29-24-13-10-19(18-8-11-21(33-2)12-9-18)16-23(24)26-22(25(29)17-31)14-15-30(26)27(32)28-20-6-4-3-5-7-20/h8-13,16,20,22,25-26,31H,3-7,14-15,17H2,1-2H3,(H,28,32)/t22-,25+,26-/m0/s1. The predicted octanol–water partition coefficient (Wildman–Crippen LogP) is 4.58. The van der Waals surface area contributed by atoms with Gasteiger partial charge in [0.2, 0.25) is 0 Å². The van der Waals surface area contributed by atoms with Crippen LogP contribution in [0.3, 0.4) is 0 Å². The van der Waals surface area contributed by atoms with Crippen molar-refractivity contribution in [1.29, 1.82) is 0 Å². The second kappa shape index (κ2) is 9.26. The number of rotatable bonds is 4. The van der Waals surface area contributed by atoms with E-state index >= 15 is 0 Å². The summed E-state index contributed by atoms with van der Waals surface area (Å²) >= 11 is 0. The maximum Gasteiger partial charge on any atom is 0.318 e. The van der Waals surface area contributed by atoms with E-state index < -0.39 is 0 Å². The van der Waals surface area contributed by atoms with E-state index in [2.05, 4.69) is 47.6 Å². The van der Waals surface area contributed by atoms with Crippen LogP contribution < -0.4 is 15.0 Å².